The van der Waals surface area contributed by atoms with Gasteiger partial charge in [0, 0.05) is 18.7 Å². The highest BCUT2D eigenvalue weighted by atomic mass is 16.2. The third-order valence-electron chi connectivity index (χ3n) is 5.09. The number of benzene rings is 2. The van der Waals surface area contributed by atoms with Crippen LogP contribution in [0.3, 0.4) is 0 Å². The number of carbonyl (C=O) groups is 2. The van der Waals surface area contributed by atoms with Gasteiger partial charge in [0.1, 0.15) is 12.4 Å². The maximum absolute atomic E-state index is 13.0. The van der Waals surface area contributed by atoms with E-state index in [2.05, 4.69) is 24.1 Å². The zero-order valence-corrected chi connectivity index (χ0v) is 18.0. The summed E-state index contributed by atoms with van der Waals surface area (Å²) in [6, 6.07) is 15.2. The molecular weight excluding hydrogens is 376 g/mol. The molecule has 0 fully saturated rings. The molecule has 30 heavy (non-hydrogen) atoms. The van der Waals surface area contributed by atoms with E-state index in [4.69, 9.17) is 0 Å². The molecule has 0 aliphatic rings. The van der Waals surface area contributed by atoms with Crippen molar-refractivity contribution >= 4 is 22.8 Å². The Bertz CT molecular complexity index is 1000. The summed E-state index contributed by atoms with van der Waals surface area (Å²) in [6.45, 7) is 8.12. The molecule has 3 rings (SSSR count). The summed E-state index contributed by atoms with van der Waals surface area (Å²) in [5, 5.41) is 2.94. The van der Waals surface area contributed by atoms with Gasteiger partial charge in [-0.05, 0) is 44.0 Å². The fourth-order valence-electron chi connectivity index (χ4n) is 3.54. The Morgan fingerprint density at radius 3 is 2.33 bits per heavy atom. The molecule has 0 saturated carbocycles. The van der Waals surface area contributed by atoms with Crippen LogP contribution in [0.2, 0.25) is 0 Å². The van der Waals surface area contributed by atoms with Gasteiger partial charge in [-0.15, -0.1) is 0 Å². The third kappa shape index (κ3) is 5.06. The first kappa shape index (κ1) is 21.6. The van der Waals surface area contributed by atoms with Crippen LogP contribution in [-0.4, -0.2) is 39.4 Å². The van der Waals surface area contributed by atoms with Crippen molar-refractivity contribution in [2.45, 2.75) is 46.7 Å². The van der Waals surface area contributed by atoms with Crippen molar-refractivity contribution in [1.29, 1.82) is 0 Å². The van der Waals surface area contributed by atoms with E-state index in [9.17, 15) is 9.59 Å². The van der Waals surface area contributed by atoms with Crippen LogP contribution in [0.4, 0.5) is 0 Å². The molecule has 0 aliphatic carbocycles. The SMILES string of the molecule is CCCN(CCC)C(=O)Cn1c(CNC(=O)c2ccc(C)cc2)nc2ccccc21. The molecule has 158 valence electrons. The van der Waals surface area contributed by atoms with Crippen LogP contribution in [0.5, 0.6) is 0 Å². The van der Waals surface area contributed by atoms with Crippen molar-refractivity contribution in [3.8, 4) is 0 Å². The molecule has 0 atom stereocenters. The Morgan fingerprint density at radius 2 is 1.67 bits per heavy atom. The predicted octanol–water partition coefficient (Wildman–Crippen LogP) is 3.92. The topological polar surface area (TPSA) is 67.2 Å². The summed E-state index contributed by atoms with van der Waals surface area (Å²) in [5.74, 6) is 0.601. The number of aromatic nitrogens is 2. The lowest BCUT2D eigenvalue weighted by Gasteiger charge is -2.22. The van der Waals surface area contributed by atoms with Crippen molar-refractivity contribution in [3.63, 3.8) is 0 Å². The van der Waals surface area contributed by atoms with Crippen LogP contribution in [0, 0.1) is 6.92 Å². The van der Waals surface area contributed by atoms with E-state index in [-0.39, 0.29) is 24.9 Å². The zero-order valence-electron chi connectivity index (χ0n) is 18.0. The number of para-hydroxylation sites is 2. The maximum atomic E-state index is 13.0. The summed E-state index contributed by atoms with van der Waals surface area (Å²) >= 11 is 0. The largest absolute Gasteiger partial charge is 0.345 e. The molecule has 0 spiro atoms. The molecule has 0 radical (unpaired) electrons. The third-order valence-corrected chi connectivity index (χ3v) is 5.09. The molecule has 0 unspecified atom stereocenters. The Kier molecular flexibility index (Phi) is 7.22. The van der Waals surface area contributed by atoms with Gasteiger partial charge in [-0.3, -0.25) is 9.59 Å². The number of nitrogens with one attached hydrogen (secondary N) is 1. The number of nitrogens with zero attached hydrogens (tertiary/aromatic N) is 3. The van der Waals surface area contributed by atoms with E-state index in [1.54, 1.807) is 0 Å². The highest BCUT2D eigenvalue weighted by Gasteiger charge is 2.18. The van der Waals surface area contributed by atoms with Gasteiger partial charge in [0.05, 0.1) is 17.6 Å². The fraction of sp³-hybridized carbons (Fsp3) is 0.375. The average Bonchev–Trinajstić information content (AvgIpc) is 3.09. The van der Waals surface area contributed by atoms with E-state index in [0.717, 1.165) is 42.5 Å². The molecule has 2 amide bonds. The molecule has 1 aromatic heterocycles. The maximum Gasteiger partial charge on any atom is 0.251 e. The minimum atomic E-state index is -0.154. The van der Waals surface area contributed by atoms with Crippen LogP contribution in [0.15, 0.2) is 48.5 Å². The van der Waals surface area contributed by atoms with Gasteiger partial charge in [-0.1, -0.05) is 43.7 Å². The van der Waals surface area contributed by atoms with Gasteiger partial charge in [0.15, 0.2) is 0 Å². The Labute approximate surface area is 177 Å². The first-order valence-electron chi connectivity index (χ1n) is 10.6. The molecule has 6 heteroatoms. The van der Waals surface area contributed by atoms with Crippen LogP contribution in [-0.2, 0) is 17.9 Å². The van der Waals surface area contributed by atoms with Gasteiger partial charge in [-0.25, -0.2) is 4.98 Å². The second-order valence-electron chi connectivity index (χ2n) is 7.53. The van der Waals surface area contributed by atoms with Gasteiger partial charge in [0.25, 0.3) is 5.91 Å². The van der Waals surface area contributed by atoms with Crippen LogP contribution >= 0.6 is 0 Å². The highest BCUT2D eigenvalue weighted by molar-refractivity contribution is 5.94. The van der Waals surface area contributed by atoms with Gasteiger partial charge in [0.2, 0.25) is 5.91 Å². The number of imidazole rings is 1. The standard InChI is InChI=1S/C24H30N4O2/c1-4-14-27(15-5-2)23(29)17-28-21-9-7-6-8-20(21)26-22(28)16-25-24(30)19-12-10-18(3)11-13-19/h6-13H,4-5,14-17H2,1-3H3,(H,25,30). The second-order valence-corrected chi connectivity index (χ2v) is 7.53. The summed E-state index contributed by atoms with van der Waals surface area (Å²) in [5.41, 5.74) is 3.44. The molecule has 6 nitrogen and oxygen atoms in total. The lowest BCUT2D eigenvalue weighted by atomic mass is 10.1. The molecule has 0 aliphatic heterocycles. The van der Waals surface area contributed by atoms with E-state index >= 15 is 0 Å². The van der Waals surface area contributed by atoms with E-state index < -0.39 is 0 Å². The molecule has 0 bridgehead atoms. The normalized spacial score (nSPS) is 10.9. The Hall–Kier alpha value is -3.15. The Morgan fingerprint density at radius 1 is 1.00 bits per heavy atom. The molecule has 1 heterocycles. The number of carbonyl (C=O) groups excluding carboxylic acids is 2. The number of amides is 2. The summed E-state index contributed by atoms with van der Waals surface area (Å²) < 4.78 is 1.92. The first-order valence-corrected chi connectivity index (χ1v) is 10.6. The molecule has 1 N–H and O–H groups in total. The van der Waals surface area contributed by atoms with Crippen molar-refractivity contribution in [2.24, 2.45) is 0 Å². The van der Waals surface area contributed by atoms with E-state index in [1.165, 1.54) is 0 Å². The number of hydrogen-bond donors (Lipinski definition) is 1. The van der Waals surface area contributed by atoms with Crippen molar-refractivity contribution < 1.29 is 9.59 Å². The monoisotopic (exact) mass is 406 g/mol. The van der Waals surface area contributed by atoms with Gasteiger partial charge >= 0.3 is 0 Å². The van der Waals surface area contributed by atoms with Gasteiger partial charge in [-0.2, -0.15) is 0 Å². The quantitative estimate of drug-likeness (QED) is 0.586. The number of rotatable bonds is 9. The molecule has 3 aromatic rings. The lowest BCUT2D eigenvalue weighted by molar-refractivity contribution is -0.131. The Balaban J connectivity index is 1.81. The smallest absolute Gasteiger partial charge is 0.251 e. The fourth-order valence-corrected chi connectivity index (χ4v) is 3.54. The van der Waals surface area contributed by atoms with Crippen LogP contribution in [0.1, 0.15) is 48.4 Å². The summed E-state index contributed by atoms with van der Waals surface area (Å²) in [7, 11) is 0. The first-order chi connectivity index (χ1) is 14.5. The highest BCUT2D eigenvalue weighted by Crippen LogP contribution is 2.17. The van der Waals surface area contributed by atoms with Crippen LogP contribution < -0.4 is 5.32 Å². The molecular formula is C24H30N4O2. The number of hydrogen-bond acceptors (Lipinski definition) is 3. The predicted molar refractivity (Wildman–Crippen MR) is 119 cm³/mol. The van der Waals surface area contributed by atoms with Gasteiger partial charge < -0.3 is 14.8 Å². The minimum Gasteiger partial charge on any atom is -0.345 e. The van der Waals surface area contributed by atoms with Crippen molar-refractivity contribution in [1.82, 2.24) is 19.8 Å². The summed E-state index contributed by atoms with van der Waals surface area (Å²) in [4.78, 5) is 32.1. The second kappa shape index (κ2) is 10.1. The number of aryl methyl sites for hydroxylation is 1. The van der Waals surface area contributed by atoms with E-state index in [1.807, 2.05) is 64.9 Å². The molecule has 0 saturated heterocycles. The van der Waals surface area contributed by atoms with Crippen LogP contribution in [0.25, 0.3) is 11.0 Å². The average molecular weight is 407 g/mol. The van der Waals surface area contributed by atoms with Crippen molar-refractivity contribution in [2.75, 3.05) is 13.1 Å². The zero-order chi connectivity index (χ0) is 21.5. The lowest BCUT2D eigenvalue weighted by Crippen LogP contribution is -2.35. The van der Waals surface area contributed by atoms with E-state index in [0.29, 0.717) is 11.4 Å². The minimum absolute atomic E-state index is 0.0768. The summed E-state index contributed by atoms with van der Waals surface area (Å²) in [6.07, 6.45) is 1.85. The molecule has 2 aromatic carbocycles. The van der Waals surface area contributed by atoms with Crippen molar-refractivity contribution in [3.05, 3.63) is 65.5 Å². The number of fused-ring (bicyclic) bond motifs is 1.